The lowest BCUT2D eigenvalue weighted by Crippen LogP contribution is -2.36. The molecule has 0 aliphatic carbocycles. The van der Waals surface area contributed by atoms with Gasteiger partial charge in [0.25, 0.3) is 5.91 Å². The topological polar surface area (TPSA) is 81.7 Å². The highest BCUT2D eigenvalue weighted by atomic mass is 16.2. The third kappa shape index (κ3) is 4.92. The maximum absolute atomic E-state index is 12.9. The van der Waals surface area contributed by atoms with Crippen LogP contribution in [0.1, 0.15) is 22.8 Å². The molecule has 3 aromatic rings. The van der Waals surface area contributed by atoms with Crippen LogP contribution in [0.25, 0.3) is 11.3 Å². The summed E-state index contributed by atoms with van der Waals surface area (Å²) >= 11 is 0. The Morgan fingerprint density at radius 1 is 1.09 bits per heavy atom. The molecular formula is C26H30N6O2. The molecule has 0 radical (unpaired) electrons. The van der Waals surface area contributed by atoms with Crippen molar-refractivity contribution in [3.8, 4) is 11.3 Å². The van der Waals surface area contributed by atoms with Gasteiger partial charge in [0.15, 0.2) is 0 Å². The zero-order chi connectivity index (χ0) is 24.2. The van der Waals surface area contributed by atoms with Crippen LogP contribution in [-0.2, 0) is 11.2 Å². The number of aromatic nitrogens is 2. The SMILES string of the molecule is CCN(CCN(C)C)C(=O)c1ccc(Nc2ncc3c(n2)-c2ccccc2N(C)C(=O)C3)cc1. The summed E-state index contributed by atoms with van der Waals surface area (Å²) in [6.45, 7) is 4.15. The van der Waals surface area contributed by atoms with E-state index in [1.807, 2.05) is 74.4 Å². The maximum atomic E-state index is 12.9. The second-order valence-corrected chi connectivity index (χ2v) is 8.60. The van der Waals surface area contributed by atoms with E-state index in [0.717, 1.165) is 34.7 Å². The quantitative estimate of drug-likeness (QED) is 0.584. The summed E-state index contributed by atoms with van der Waals surface area (Å²) in [7, 11) is 5.78. The molecule has 176 valence electrons. The predicted molar refractivity (Wildman–Crippen MR) is 134 cm³/mol. The lowest BCUT2D eigenvalue weighted by molar-refractivity contribution is -0.117. The number of carbonyl (C=O) groups excluding carboxylic acids is 2. The van der Waals surface area contributed by atoms with E-state index in [1.54, 1.807) is 18.1 Å². The van der Waals surface area contributed by atoms with Gasteiger partial charge in [-0.15, -0.1) is 0 Å². The smallest absolute Gasteiger partial charge is 0.253 e. The van der Waals surface area contributed by atoms with Crippen LogP contribution in [0.3, 0.4) is 0 Å². The number of hydrogen-bond donors (Lipinski definition) is 1. The Kier molecular flexibility index (Phi) is 6.88. The summed E-state index contributed by atoms with van der Waals surface area (Å²) < 4.78 is 0. The summed E-state index contributed by atoms with van der Waals surface area (Å²) in [5, 5.41) is 3.22. The molecule has 34 heavy (non-hydrogen) atoms. The number of anilines is 3. The molecule has 0 saturated carbocycles. The van der Waals surface area contributed by atoms with E-state index in [-0.39, 0.29) is 18.2 Å². The number of para-hydroxylation sites is 1. The Balaban J connectivity index is 1.54. The van der Waals surface area contributed by atoms with Crippen LogP contribution in [0.2, 0.25) is 0 Å². The molecule has 0 atom stereocenters. The van der Waals surface area contributed by atoms with Crippen molar-refractivity contribution in [3.63, 3.8) is 0 Å². The van der Waals surface area contributed by atoms with Gasteiger partial charge in [-0.05, 0) is 51.4 Å². The predicted octanol–water partition coefficient (Wildman–Crippen LogP) is 3.43. The van der Waals surface area contributed by atoms with E-state index in [2.05, 4.69) is 15.2 Å². The van der Waals surface area contributed by atoms with Gasteiger partial charge < -0.3 is 20.0 Å². The number of likely N-dealkylation sites (N-methyl/N-ethyl adjacent to an activating group) is 3. The standard InChI is InChI=1S/C26H30N6O2/c1-5-32(15-14-30(2)3)25(34)18-10-12-20(13-11-18)28-26-27-17-19-16-23(33)31(4)22-9-7-6-8-21(22)24(19)29-26/h6-13,17H,5,14-16H2,1-4H3,(H,27,28,29). The fourth-order valence-corrected chi connectivity index (χ4v) is 3.94. The third-order valence-electron chi connectivity index (χ3n) is 5.97. The van der Waals surface area contributed by atoms with Crippen LogP contribution >= 0.6 is 0 Å². The molecule has 1 N–H and O–H groups in total. The monoisotopic (exact) mass is 458 g/mol. The molecular weight excluding hydrogens is 428 g/mol. The number of hydrogen-bond acceptors (Lipinski definition) is 6. The molecule has 8 nitrogen and oxygen atoms in total. The highest BCUT2D eigenvalue weighted by Crippen LogP contribution is 2.35. The van der Waals surface area contributed by atoms with Crippen molar-refractivity contribution in [3.05, 3.63) is 65.9 Å². The first-order valence-electron chi connectivity index (χ1n) is 11.4. The highest BCUT2D eigenvalue weighted by molar-refractivity contribution is 6.01. The fraction of sp³-hybridized carbons (Fsp3) is 0.308. The number of carbonyl (C=O) groups is 2. The fourth-order valence-electron chi connectivity index (χ4n) is 3.94. The van der Waals surface area contributed by atoms with Gasteiger partial charge in [0.05, 0.1) is 17.8 Å². The van der Waals surface area contributed by atoms with Crippen molar-refractivity contribution < 1.29 is 9.59 Å². The second kappa shape index (κ2) is 10.0. The summed E-state index contributed by atoms with van der Waals surface area (Å²) in [5.41, 5.74) is 4.69. The normalized spacial score (nSPS) is 12.7. The van der Waals surface area contributed by atoms with Crippen molar-refractivity contribution in [2.45, 2.75) is 13.3 Å². The Bertz CT molecular complexity index is 1190. The van der Waals surface area contributed by atoms with E-state index in [9.17, 15) is 9.59 Å². The van der Waals surface area contributed by atoms with Crippen LogP contribution in [0.15, 0.2) is 54.7 Å². The Morgan fingerprint density at radius 2 is 1.82 bits per heavy atom. The van der Waals surface area contributed by atoms with Crippen LogP contribution in [-0.4, -0.2) is 72.4 Å². The minimum absolute atomic E-state index is 0.00229. The van der Waals surface area contributed by atoms with Crippen molar-refractivity contribution in [1.82, 2.24) is 19.8 Å². The minimum Gasteiger partial charge on any atom is -0.338 e. The van der Waals surface area contributed by atoms with E-state index in [4.69, 9.17) is 4.98 Å². The van der Waals surface area contributed by atoms with Crippen molar-refractivity contribution >= 4 is 29.1 Å². The van der Waals surface area contributed by atoms with Gasteiger partial charge in [-0.1, -0.05) is 18.2 Å². The molecule has 0 saturated heterocycles. The molecule has 0 fully saturated rings. The Hall–Kier alpha value is -3.78. The number of nitrogens with zero attached hydrogens (tertiary/aromatic N) is 5. The molecule has 2 amide bonds. The first-order chi connectivity index (χ1) is 16.4. The van der Waals surface area contributed by atoms with Gasteiger partial charge in [-0.2, -0.15) is 0 Å². The van der Waals surface area contributed by atoms with Gasteiger partial charge in [0, 0.05) is 55.3 Å². The average Bonchev–Trinajstić information content (AvgIpc) is 2.94. The molecule has 4 rings (SSSR count). The zero-order valence-corrected chi connectivity index (χ0v) is 20.1. The van der Waals surface area contributed by atoms with E-state index in [0.29, 0.717) is 24.6 Å². The first kappa shape index (κ1) is 23.4. The second-order valence-electron chi connectivity index (χ2n) is 8.60. The van der Waals surface area contributed by atoms with Gasteiger partial charge in [-0.25, -0.2) is 9.97 Å². The Labute approximate surface area is 200 Å². The van der Waals surface area contributed by atoms with Crippen LogP contribution in [0, 0.1) is 0 Å². The third-order valence-corrected chi connectivity index (χ3v) is 5.97. The van der Waals surface area contributed by atoms with Crippen molar-refractivity contribution in [2.24, 2.45) is 0 Å². The average molecular weight is 459 g/mol. The van der Waals surface area contributed by atoms with Gasteiger partial charge in [-0.3, -0.25) is 9.59 Å². The summed E-state index contributed by atoms with van der Waals surface area (Å²) in [4.78, 5) is 40.2. The molecule has 0 unspecified atom stereocenters. The Morgan fingerprint density at radius 3 is 2.53 bits per heavy atom. The summed E-state index contributed by atoms with van der Waals surface area (Å²) in [6, 6.07) is 15.1. The maximum Gasteiger partial charge on any atom is 0.253 e. The van der Waals surface area contributed by atoms with Crippen molar-refractivity contribution in [1.29, 1.82) is 0 Å². The molecule has 1 aliphatic rings. The molecule has 0 spiro atoms. The summed E-state index contributed by atoms with van der Waals surface area (Å²) in [6.07, 6.45) is 1.96. The van der Waals surface area contributed by atoms with E-state index < -0.39 is 0 Å². The van der Waals surface area contributed by atoms with Crippen LogP contribution < -0.4 is 10.2 Å². The first-order valence-corrected chi connectivity index (χ1v) is 11.4. The minimum atomic E-state index is 0.00229. The number of fused-ring (bicyclic) bond motifs is 3. The van der Waals surface area contributed by atoms with Crippen LogP contribution in [0.5, 0.6) is 0 Å². The van der Waals surface area contributed by atoms with Gasteiger partial charge in [0.1, 0.15) is 0 Å². The highest BCUT2D eigenvalue weighted by Gasteiger charge is 2.24. The number of rotatable bonds is 7. The lowest BCUT2D eigenvalue weighted by atomic mass is 10.1. The van der Waals surface area contributed by atoms with E-state index >= 15 is 0 Å². The van der Waals surface area contributed by atoms with Gasteiger partial charge >= 0.3 is 0 Å². The summed E-state index contributed by atoms with van der Waals surface area (Å²) in [5.74, 6) is 0.454. The van der Waals surface area contributed by atoms with Crippen molar-refractivity contribution in [2.75, 3.05) is 51.0 Å². The number of amides is 2. The number of nitrogens with one attached hydrogen (secondary N) is 1. The van der Waals surface area contributed by atoms with Crippen LogP contribution in [0.4, 0.5) is 17.3 Å². The zero-order valence-electron chi connectivity index (χ0n) is 20.1. The van der Waals surface area contributed by atoms with Gasteiger partial charge in [0.2, 0.25) is 11.9 Å². The molecule has 2 heterocycles. The number of benzene rings is 2. The molecule has 2 aromatic carbocycles. The molecule has 0 bridgehead atoms. The molecule has 8 heteroatoms. The molecule has 1 aromatic heterocycles. The molecule has 1 aliphatic heterocycles. The lowest BCUT2D eigenvalue weighted by Gasteiger charge is -2.23. The van der Waals surface area contributed by atoms with E-state index in [1.165, 1.54) is 0 Å². The largest absolute Gasteiger partial charge is 0.338 e.